The lowest BCUT2D eigenvalue weighted by molar-refractivity contribution is 0.171. The molecule has 2 unspecified atom stereocenters. The zero-order valence-corrected chi connectivity index (χ0v) is 20.6. The lowest BCUT2D eigenvalue weighted by atomic mass is 10.2. The van der Waals surface area contributed by atoms with Crippen LogP contribution >= 0.6 is 0 Å². The summed E-state index contributed by atoms with van der Waals surface area (Å²) < 4.78 is 56.2. The van der Waals surface area contributed by atoms with Gasteiger partial charge in [-0.15, -0.1) is 10.2 Å². The molecule has 190 valence electrons. The van der Waals surface area contributed by atoms with Crippen molar-refractivity contribution in [2.24, 2.45) is 7.05 Å². The minimum absolute atomic E-state index is 0.00341. The molecule has 3 aromatic heterocycles. The van der Waals surface area contributed by atoms with Crippen molar-refractivity contribution >= 4 is 16.0 Å². The number of aliphatic hydroxyl groups excluding tert-OH is 1. The van der Waals surface area contributed by atoms with E-state index < -0.39 is 27.2 Å². The maximum Gasteiger partial charge on any atom is 0.243 e. The van der Waals surface area contributed by atoms with Crippen LogP contribution < -0.4 is 14.2 Å². The van der Waals surface area contributed by atoms with Crippen LogP contribution in [0, 0.1) is 5.82 Å². The van der Waals surface area contributed by atoms with Crippen LogP contribution in [0.4, 0.5) is 10.3 Å². The van der Waals surface area contributed by atoms with E-state index in [9.17, 15) is 17.9 Å². The Balaban J connectivity index is 1.81. The van der Waals surface area contributed by atoms with Crippen LogP contribution in [0.5, 0.6) is 11.5 Å². The summed E-state index contributed by atoms with van der Waals surface area (Å²) in [5.74, 6) is 0.125. The average Bonchev–Trinajstić information content (AvgIpc) is 3.48. The zero-order valence-electron chi connectivity index (χ0n) is 19.8. The van der Waals surface area contributed by atoms with Gasteiger partial charge in [-0.2, -0.15) is 5.10 Å². The molecule has 1 aromatic carbocycles. The van der Waals surface area contributed by atoms with Crippen molar-refractivity contribution in [2.75, 3.05) is 18.9 Å². The maximum absolute atomic E-state index is 13.3. The molecule has 3 heterocycles. The summed E-state index contributed by atoms with van der Waals surface area (Å²) in [4.78, 5) is 3.78. The summed E-state index contributed by atoms with van der Waals surface area (Å²) in [6, 6.07) is 9.04. The molecular formula is C22H24FN7O5S. The molecule has 2 atom stereocenters. The van der Waals surface area contributed by atoms with E-state index >= 15 is 0 Å². The highest BCUT2D eigenvalue weighted by Gasteiger charge is 2.33. The van der Waals surface area contributed by atoms with Crippen LogP contribution in [0.15, 0.2) is 48.8 Å². The van der Waals surface area contributed by atoms with Gasteiger partial charge in [-0.1, -0.05) is 6.07 Å². The number of methoxy groups -OCH3 is 2. The number of para-hydroxylation sites is 1. The summed E-state index contributed by atoms with van der Waals surface area (Å²) in [5, 5.41) is 21.8. The van der Waals surface area contributed by atoms with Gasteiger partial charge in [-0.3, -0.25) is 19.0 Å². The predicted molar refractivity (Wildman–Crippen MR) is 128 cm³/mol. The highest BCUT2D eigenvalue weighted by molar-refractivity contribution is 7.93. The van der Waals surface area contributed by atoms with Crippen molar-refractivity contribution in [3.63, 3.8) is 0 Å². The molecule has 0 aliphatic heterocycles. The number of ether oxygens (including phenoxy) is 2. The second-order valence-corrected chi connectivity index (χ2v) is 9.80. The number of aromatic nitrogens is 6. The minimum Gasteiger partial charge on any atom is -0.494 e. The van der Waals surface area contributed by atoms with E-state index in [-0.39, 0.29) is 17.5 Å². The van der Waals surface area contributed by atoms with Crippen LogP contribution in [0.2, 0.25) is 0 Å². The number of nitrogens with one attached hydrogen (secondary N) is 1. The third-order valence-corrected chi connectivity index (χ3v) is 7.16. The Bertz CT molecular complexity index is 1450. The number of sulfonamides is 1. The Hall–Kier alpha value is -4.04. The molecule has 36 heavy (non-hydrogen) atoms. The second kappa shape index (κ2) is 9.91. The number of pyridine rings is 1. The first-order valence-electron chi connectivity index (χ1n) is 10.6. The fourth-order valence-corrected chi connectivity index (χ4v) is 4.56. The zero-order chi connectivity index (χ0) is 26.0. The monoisotopic (exact) mass is 517 g/mol. The molecule has 0 bridgehead atoms. The predicted octanol–water partition coefficient (Wildman–Crippen LogP) is 2.08. The van der Waals surface area contributed by atoms with E-state index in [0.717, 1.165) is 12.3 Å². The largest absolute Gasteiger partial charge is 0.494 e. The normalized spacial score (nSPS) is 13.3. The van der Waals surface area contributed by atoms with Crippen LogP contribution in [-0.4, -0.2) is 62.5 Å². The first-order chi connectivity index (χ1) is 17.2. The Morgan fingerprint density at radius 2 is 1.78 bits per heavy atom. The van der Waals surface area contributed by atoms with Crippen molar-refractivity contribution in [2.45, 2.75) is 18.3 Å². The van der Waals surface area contributed by atoms with E-state index in [0.29, 0.717) is 22.9 Å². The first kappa shape index (κ1) is 25.1. The Labute approximate surface area is 206 Å². The number of halogens is 1. The van der Waals surface area contributed by atoms with E-state index in [1.165, 1.54) is 31.8 Å². The van der Waals surface area contributed by atoms with Crippen LogP contribution in [0.1, 0.15) is 18.7 Å². The highest BCUT2D eigenvalue weighted by atomic mass is 32.2. The minimum atomic E-state index is -4.27. The maximum atomic E-state index is 13.3. The average molecular weight is 518 g/mol. The molecule has 0 aliphatic rings. The lowest BCUT2D eigenvalue weighted by Crippen LogP contribution is -2.32. The topological polar surface area (TPSA) is 146 Å². The molecule has 0 saturated heterocycles. The molecule has 14 heteroatoms. The number of benzene rings is 1. The fourth-order valence-electron chi connectivity index (χ4n) is 3.51. The number of rotatable bonds is 9. The summed E-state index contributed by atoms with van der Waals surface area (Å²) in [6.07, 6.45) is 1.05. The van der Waals surface area contributed by atoms with Crippen molar-refractivity contribution in [3.05, 3.63) is 60.3 Å². The summed E-state index contributed by atoms with van der Waals surface area (Å²) in [7, 11) is 0.377. The Morgan fingerprint density at radius 3 is 2.33 bits per heavy atom. The molecule has 0 fully saturated rings. The van der Waals surface area contributed by atoms with Gasteiger partial charge in [0.15, 0.2) is 5.82 Å². The van der Waals surface area contributed by atoms with E-state index in [2.05, 4.69) is 25.0 Å². The Morgan fingerprint density at radius 1 is 1.08 bits per heavy atom. The van der Waals surface area contributed by atoms with E-state index in [4.69, 9.17) is 9.47 Å². The summed E-state index contributed by atoms with van der Waals surface area (Å²) in [6.45, 7) is 1.29. The third-order valence-electron chi connectivity index (χ3n) is 5.45. The van der Waals surface area contributed by atoms with Gasteiger partial charge in [0.05, 0.1) is 26.1 Å². The Kier molecular flexibility index (Phi) is 6.90. The third kappa shape index (κ3) is 4.72. The molecule has 0 radical (unpaired) electrons. The van der Waals surface area contributed by atoms with Crippen molar-refractivity contribution < 1.29 is 27.4 Å². The van der Waals surface area contributed by atoms with Gasteiger partial charge in [-0.25, -0.2) is 12.8 Å². The van der Waals surface area contributed by atoms with Gasteiger partial charge in [-0.05, 0) is 37.3 Å². The van der Waals surface area contributed by atoms with Crippen molar-refractivity contribution in [3.8, 4) is 28.7 Å². The lowest BCUT2D eigenvalue weighted by Gasteiger charge is -2.21. The van der Waals surface area contributed by atoms with E-state index in [1.54, 1.807) is 42.2 Å². The van der Waals surface area contributed by atoms with Crippen LogP contribution in [0.3, 0.4) is 0 Å². The quantitative estimate of drug-likeness (QED) is 0.341. The number of aliphatic hydroxyl groups is 1. The van der Waals surface area contributed by atoms with Gasteiger partial charge in [0.2, 0.25) is 16.0 Å². The standard InChI is InChI=1S/C22H24FN7O5S/c1-13(20(31)15-9-8-14(23)12-24-15)36(32,33)28-22-26-25-21(16-10-11-29(2)27-16)30(22)19-17(34-3)6-5-7-18(19)35-4/h5-13,20,31H,1-4H3,(H,26,28). The molecule has 0 amide bonds. The molecule has 0 spiro atoms. The first-order valence-corrected chi connectivity index (χ1v) is 12.2. The number of anilines is 1. The highest BCUT2D eigenvalue weighted by Crippen LogP contribution is 2.37. The fraction of sp³-hybridized carbons (Fsp3) is 0.273. The molecule has 0 aliphatic carbocycles. The summed E-state index contributed by atoms with van der Waals surface area (Å²) >= 11 is 0. The second-order valence-electron chi connectivity index (χ2n) is 7.77. The molecule has 2 N–H and O–H groups in total. The van der Waals surface area contributed by atoms with Crippen LogP contribution in [-0.2, 0) is 17.1 Å². The molecule has 4 rings (SSSR count). The number of hydrogen-bond donors (Lipinski definition) is 2. The molecule has 0 saturated carbocycles. The van der Waals surface area contributed by atoms with Gasteiger partial charge in [0.1, 0.15) is 40.1 Å². The number of hydrogen-bond acceptors (Lipinski definition) is 9. The van der Waals surface area contributed by atoms with E-state index in [1.807, 2.05) is 0 Å². The number of nitrogens with zero attached hydrogens (tertiary/aromatic N) is 6. The smallest absolute Gasteiger partial charge is 0.243 e. The van der Waals surface area contributed by atoms with Gasteiger partial charge in [0, 0.05) is 13.2 Å². The summed E-state index contributed by atoms with van der Waals surface area (Å²) in [5.41, 5.74) is 0.738. The SMILES string of the molecule is COc1cccc(OC)c1-n1c(NS(=O)(=O)C(C)C(O)c2ccc(F)cn2)nnc1-c1ccn(C)n1. The number of aryl methyl sites for hydroxylation is 1. The molecule has 4 aromatic rings. The van der Waals surface area contributed by atoms with Crippen molar-refractivity contribution in [1.82, 2.24) is 29.5 Å². The van der Waals surface area contributed by atoms with Gasteiger partial charge >= 0.3 is 0 Å². The van der Waals surface area contributed by atoms with Gasteiger partial charge in [0.25, 0.3) is 0 Å². The molecular weight excluding hydrogens is 493 g/mol. The van der Waals surface area contributed by atoms with Crippen LogP contribution in [0.25, 0.3) is 17.2 Å². The molecule has 12 nitrogen and oxygen atoms in total. The van der Waals surface area contributed by atoms with Crippen molar-refractivity contribution in [1.29, 1.82) is 0 Å². The van der Waals surface area contributed by atoms with Gasteiger partial charge < -0.3 is 14.6 Å².